The summed E-state index contributed by atoms with van der Waals surface area (Å²) in [6, 6.07) is 22.9. The van der Waals surface area contributed by atoms with E-state index in [1.807, 2.05) is 74.5 Å². The van der Waals surface area contributed by atoms with Crippen LogP contribution in [0.15, 0.2) is 77.3 Å². The molecule has 1 aliphatic heterocycles. The first-order valence-electron chi connectivity index (χ1n) is 11.2. The predicted octanol–water partition coefficient (Wildman–Crippen LogP) is 5.01. The third-order valence-corrected chi connectivity index (χ3v) is 5.94. The van der Waals surface area contributed by atoms with Gasteiger partial charge in [-0.2, -0.15) is 4.98 Å². The Bertz CT molecular complexity index is 1340. The van der Waals surface area contributed by atoms with Crippen molar-refractivity contribution in [2.75, 3.05) is 16.8 Å². The van der Waals surface area contributed by atoms with Crippen LogP contribution in [0.5, 0.6) is 0 Å². The number of carbonyl (C=O) groups excluding carboxylic acids is 2. The molecule has 2 amide bonds. The van der Waals surface area contributed by atoms with E-state index in [4.69, 9.17) is 4.52 Å². The Morgan fingerprint density at radius 2 is 1.71 bits per heavy atom. The highest BCUT2D eigenvalue weighted by Gasteiger charge is 2.35. The number of aromatic nitrogens is 2. The summed E-state index contributed by atoms with van der Waals surface area (Å²) in [4.78, 5) is 31.5. The molecule has 4 aromatic rings. The molecule has 170 valence electrons. The molecular weight excluding hydrogens is 428 g/mol. The predicted molar refractivity (Wildman–Crippen MR) is 130 cm³/mol. The minimum Gasteiger partial charge on any atom is -0.334 e. The number of hydrogen-bond donors (Lipinski definition) is 1. The number of rotatable bonds is 5. The first-order chi connectivity index (χ1) is 16.5. The van der Waals surface area contributed by atoms with Crippen molar-refractivity contribution in [3.8, 4) is 22.8 Å². The minimum absolute atomic E-state index is 0.0399. The molecule has 7 heteroatoms. The maximum atomic E-state index is 12.8. The number of aryl methyl sites for hydroxylation is 2. The van der Waals surface area contributed by atoms with Crippen LogP contribution in [0, 0.1) is 19.8 Å². The van der Waals surface area contributed by atoms with Gasteiger partial charge in [0, 0.05) is 35.5 Å². The fraction of sp³-hybridized carbons (Fsp3) is 0.185. The molecule has 7 nitrogen and oxygen atoms in total. The molecule has 0 bridgehead atoms. The average Bonchev–Trinajstić information content (AvgIpc) is 3.47. The van der Waals surface area contributed by atoms with Crippen molar-refractivity contribution >= 4 is 23.2 Å². The van der Waals surface area contributed by atoms with Crippen LogP contribution in [0.3, 0.4) is 0 Å². The van der Waals surface area contributed by atoms with Gasteiger partial charge < -0.3 is 14.7 Å². The fourth-order valence-corrected chi connectivity index (χ4v) is 4.03. The van der Waals surface area contributed by atoms with Gasteiger partial charge in [-0.15, -0.1) is 0 Å². The monoisotopic (exact) mass is 452 g/mol. The second-order valence-electron chi connectivity index (χ2n) is 8.60. The van der Waals surface area contributed by atoms with Gasteiger partial charge >= 0.3 is 0 Å². The molecule has 34 heavy (non-hydrogen) atoms. The number of hydrogen-bond acceptors (Lipinski definition) is 5. The van der Waals surface area contributed by atoms with Crippen molar-refractivity contribution < 1.29 is 14.1 Å². The molecular formula is C27H24N4O3. The van der Waals surface area contributed by atoms with Crippen LogP contribution in [0.1, 0.15) is 17.5 Å². The Kier molecular flexibility index (Phi) is 5.67. The van der Waals surface area contributed by atoms with Crippen LogP contribution in [-0.4, -0.2) is 28.5 Å². The van der Waals surface area contributed by atoms with Gasteiger partial charge in [0.15, 0.2) is 0 Å². The van der Waals surface area contributed by atoms with E-state index < -0.39 is 5.92 Å². The van der Waals surface area contributed by atoms with Crippen molar-refractivity contribution in [2.24, 2.45) is 5.92 Å². The molecule has 5 rings (SSSR count). The van der Waals surface area contributed by atoms with Gasteiger partial charge in [-0.25, -0.2) is 0 Å². The number of nitrogens with zero attached hydrogens (tertiary/aromatic N) is 3. The number of nitrogens with one attached hydrogen (secondary N) is 1. The Balaban J connectivity index is 1.24. The number of benzene rings is 3. The van der Waals surface area contributed by atoms with Crippen LogP contribution in [0.2, 0.25) is 0 Å². The molecule has 0 radical (unpaired) electrons. The molecule has 0 unspecified atom stereocenters. The molecule has 1 atom stereocenters. The molecule has 0 aliphatic carbocycles. The first kappa shape index (κ1) is 21.6. The van der Waals surface area contributed by atoms with Crippen LogP contribution in [0.4, 0.5) is 11.4 Å². The Morgan fingerprint density at radius 3 is 2.44 bits per heavy atom. The Labute approximate surface area is 197 Å². The summed E-state index contributed by atoms with van der Waals surface area (Å²) < 4.78 is 5.42. The van der Waals surface area contributed by atoms with Crippen molar-refractivity contribution in [1.82, 2.24) is 10.1 Å². The van der Waals surface area contributed by atoms with Crippen LogP contribution in [0.25, 0.3) is 22.8 Å². The van der Waals surface area contributed by atoms with Gasteiger partial charge in [0.05, 0.1) is 5.92 Å². The lowest BCUT2D eigenvalue weighted by molar-refractivity contribution is -0.122. The van der Waals surface area contributed by atoms with E-state index in [-0.39, 0.29) is 18.2 Å². The third-order valence-electron chi connectivity index (χ3n) is 5.94. The lowest BCUT2D eigenvalue weighted by Crippen LogP contribution is -2.28. The molecule has 0 spiro atoms. The standard InChI is InChI=1S/C27H24N4O3/c1-17-6-8-19(9-7-17)25-29-27(34-30-25)20-10-12-22(13-11-20)28-26(33)21-15-24(32)31(16-21)23-5-3-4-18(2)14-23/h3-14,21H,15-16H2,1-2H3,(H,28,33)/t21-/m1/s1. The maximum absolute atomic E-state index is 12.8. The summed E-state index contributed by atoms with van der Waals surface area (Å²) in [6.07, 6.45) is 0.196. The Hall–Kier alpha value is -4.26. The summed E-state index contributed by atoms with van der Waals surface area (Å²) in [6.45, 7) is 4.38. The van der Waals surface area contributed by atoms with E-state index >= 15 is 0 Å². The van der Waals surface area contributed by atoms with Crippen molar-refractivity contribution in [3.63, 3.8) is 0 Å². The van der Waals surface area contributed by atoms with Crippen molar-refractivity contribution in [3.05, 3.63) is 83.9 Å². The number of anilines is 2. The summed E-state index contributed by atoms with van der Waals surface area (Å²) in [7, 11) is 0. The maximum Gasteiger partial charge on any atom is 0.258 e. The largest absolute Gasteiger partial charge is 0.334 e. The van der Waals surface area contributed by atoms with E-state index in [0.717, 1.165) is 27.9 Å². The molecule has 1 N–H and O–H groups in total. The summed E-state index contributed by atoms with van der Waals surface area (Å²) in [5.74, 6) is 0.318. The second-order valence-corrected chi connectivity index (χ2v) is 8.60. The van der Waals surface area contributed by atoms with Gasteiger partial charge in [0.2, 0.25) is 17.6 Å². The smallest absolute Gasteiger partial charge is 0.258 e. The molecule has 2 heterocycles. The van der Waals surface area contributed by atoms with E-state index in [9.17, 15) is 9.59 Å². The number of carbonyl (C=O) groups is 2. The molecule has 1 aromatic heterocycles. The second kappa shape index (κ2) is 8.94. The van der Waals surface area contributed by atoms with Gasteiger partial charge in [0.25, 0.3) is 5.89 Å². The molecule has 1 saturated heterocycles. The quantitative estimate of drug-likeness (QED) is 0.460. The topological polar surface area (TPSA) is 88.3 Å². The van der Waals surface area contributed by atoms with Gasteiger partial charge in [0.1, 0.15) is 0 Å². The fourth-order valence-electron chi connectivity index (χ4n) is 4.03. The average molecular weight is 453 g/mol. The van der Waals surface area contributed by atoms with Crippen molar-refractivity contribution in [1.29, 1.82) is 0 Å². The summed E-state index contributed by atoms with van der Waals surface area (Å²) >= 11 is 0. The molecule has 3 aromatic carbocycles. The van der Waals surface area contributed by atoms with Gasteiger partial charge in [-0.05, 0) is 55.8 Å². The van der Waals surface area contributed by atoms with E-state index in [0.29, 0.717) is 23.9 Å². The third kappa shape index (κ3) is 4.45. The summed E-state index contributed by atoms with van der Waals surface area (Å²) in [5.41, 5.74) is 5.35. The zero-order chi connectivity index (χ0) is 23.7. The van der Waals surface area contributed by atoms with E-state index in [1.54, 1.807) is 17.0 Å². The Morgan fingerprint density at radius 1 is 0.971 bits per heavy atom. The highest BCUT2D eigenvalue weighted by atomic mass is 16.5. The van der Waals surface area contributed by atoms with Gasteiger partial charge in [-0.1, -0.05) is 47.1 Å². The number of amides is 2. The van der Waals surface area contributed by atoms with E-state index in [2.05, 4.69) is 15.5 Å². The lowest BCUT2D eigenvalue weighted by atomic mass is 10.1. The normalized spacial score (nSPS) is 15.5. The lowest BCUT2D eigenvalue weighted by Gasteiger charge is -2.17. The molecule has 1 fully saturated rings. The molecule has 0 saturated carbocycles. The SMILES string of the molecule is Cc1ccc(-c2noc(-c3ccc(NC(=O)[C@@H]4CC(=O)N(c5cccc(C)c5)C4)cc3)n2)cc1. The zero-order valence-electron chi connectivity index (χ0n) is 19.0. The minimum atomic E-state index is -0.402. The summed E-state index contributed by atoms with van der Waals surface area (Å²) in [5, 5.41) is 6.99. The molecule has 1 aliphatic rings. The van der Waals surface area contributed by atoms with Crippen LogP contribution >= 0.6 is 0 Å². The first-order valence-corrected chi connectivity index (χ1v) is 11.2. The zero-order valence-corrected chi connectivity index (χ0v) is 19.0. The van der Waals surface area contributed by atoms with Crippen molar-refractivity contribution in [2.45, 2.75) is 20.3 Å². The van der Waals surface area contributed by atoms with Gasteiger partial charge in [-0.3, -0.25) is 9.59 Å². The van der Waals surface area contributed by atoms with E-state index in [1.165, 1.54) is 0 Å². The van der Waals surface area contributed by atoms with Crippen LogP contribution in [-0.2, 0) is 9.59 Å². The highest BCUT2D eigenvalue weighted by Crippen LogP contribution is 2.28. The highest BCUT2D eigenvalue weighted by molar-refractivity contribution is 6.03. The van der Waals surface area contributed by atoms with Crippen LogP contribution < -0.4 is 10.2 Å².